The zero-order chi connectivity index (χ0) is 39.8. The number of tetrazole rings is 1. The van der Waals surface area contributed by atoms with Crippen LogP contribution in [0, 0.1) is 5.41 Å². The molecule has 1 aromatic heterocycles. The van der Waals surface area contributed by atoms with E-state index in [1.807, 2.05) is 33.8 Å². The molecular formula is C36H53N9O7S2. The molecule has 296 valence electrons. The zero-order valence-corrected chi connectivity index (χ0v) is 33.9. The number of benzene rings is 1. The van der Waals surface area contributed by atoms with Crippen LogP contribution in [0.15, 0.2) is 30.3 Å². The largest absolute Gasteiger partial charge is 0.444 e. The monoisotopic (exact) mass is 787 g/mol. The Balaban J connectivity index is 1.47. The fourth-order valence-corrected chi connectivity index (χ4v) is 9.59. The minimum Gasteiger partial charge on any atom is -0.444 e. The van der Waals surface area contributed by atoms with Gasteiger partial charge in [-0.1, -0.05) is 64.4 Å². The summed E-state index contributed by atoms with van der Waals surface area (Å²) >= 11 is 3.41. The number of hydrogen-bond acceptors (Lipinski definition) is 12. The Morgan fingerprint density at radius 3 is 2.22 bits per heavy atom. The first-order valence-electron chi connectivity index (χ1n) is 18.1. The lowest BCUT2D eigenvalue weighted by Crippen LogP contribution is -2.59. The van der Waals surface area contributed by atoms with E-state index in [9.17, 15) is 28.8 Å². The number of Topliss-reactive ketones (excluding diaryl/α,β-unsaturated/α-hetero) is 1. The van der Waals surface area contributed by atoms with Crippen LogP contribution < -0.4 is 21.3 Å². The van der Waals surface area contributed by atoms with Gasteiger partial charge in [0, 0.05) is 20.0 Å². The van der Waals surface area contributed by atoms with E-state index < -0.39 is 81.3 Å². The number of hydrogen-bond donors (Lipinski definition) is 4. The number of alkyl carbamates (subject to hydrolysis) is 1. The number of nitrogens with one attached hydrogen (secondary N) is 4. The van der Waals surface area contributed by atoms with E-state index in [4.69, 9.17) is 4.74 Å². The molecular weight excluding hydrogens is 735 g/mol. The fourth-order valence-electron chi connectivity index (χ4n) is 6.24. The molecule has 2 fully saturated rings. The highest BCUT2D eigenvalue weighted by Crippen LogP contribution is 2.50. The van der Waals surface area contributed by atoms with E-state index in [0.717, 1.165) is 17.9 Å². The Morgan fingerprint density at radius 2 is 1.65 bits per heavy atom. The Kier molecular flexibility index (Phi) is 14.2. The summed E-state index contributed by atoms with van der Waals surface area (Å²) < 4.78 is 6.44. The molecule has 2 unspecified atom stereocenters. The van der Waals surface area contributed by atoms with Gasteiger partial charge in [0.05, 0.1) is 16.7 Å². The van der Waals surface area contributed by atoms with Crippen LogP contribution in [0.3, 0.4) is 0 Å². The molecule has 3 heterocycles. The standard InChI is InChI=1S/C36H53N9O7S2/c1-9-14-23(27(47)31(49)37-20-25(46)39-26(22-15-11-10-12-16-22)29-41-42-43-44(29)8)38-30(48)24-19-36(53-17-13-18-54-36)21-45(24)32(50)28(34(2,3)4)40-33(51)52-35(5,6)7/h10-12,15-16,23-24,26,28H,9,13-14,17-21H2,1-8H3,(H,37,49)(H,38,48)(H,39,46)(H,40,51)/t23?,24-,26?,28-/m0/s1. The molecule has 2 aliphatic rings. The molecule has 1 aromatic carbocycles. The first kappa shape index (κ1) is 42.6. The highest BCUT2D eigenvalue weighted by Gasteiger charge is 2.53. The van der Waals surface area contributed by atoms with Gasteiger partial charge in [-0.3, -0.25) is 24.0 Å². The van der Waals surface area contributed by atoms with Gasteiger partial charge in [-0.2, -0.15) is 0 Å². The molecule has 1 spiro atoms. The summed E-state index contributed by atoms with van der Waals surface area (Å²) in [7, 11) is 1.64. The van der Waals surface area contributed by atoms with Crippen LogP contribution in [0.2, 0.25) is 0 Å². The molecule has 4 atom stereocenters. The van der Waals surface area contributed by atoms with Crippen molar-refractivity contribution < 1.29 is 33.5 Å². The summed E-state index contributed by atoms with van der Waals surface area (Å²) in [6.45, 7) is 12.2. The quantitative estimate of drug-likeness (QED) is 0.216. The second-order valence-corrected chi connectivity index (χ2v) is 18.8. The molecule has 2 saturated heterocycles. The molecule has 54 heavy (non-hydrogen) atoms. The van der Waals surface area contributed by atoms with Crippen LogP contribution >= 0.6 is 23.5 Å². The minimum atomic E-state index is -1.20. The van der Waals surface area contributed by atoms with Gasteiger partial charge in [-0.15, -0.1) is 28.6 Å². The number of aryl methyl sites for hydroxylation is 1. The molecule has 2 aromatic rings. The highest BCUT2D eigenvalue weighted by molar-refractivity contribution is 8.18. The van der Waals surface area contributed by atoms with Gasteiger partial charge in [-0.25, -0.2) is 9.48 Å². The van der Waals surface area contributed by atoms with E-state index in [-0.39, 0.29) is 13.0 Å². The fraction of sp³-hybridized carbons (Fsp3) is 0.639. The number of likely N-dealkylation sites (tertiary alicyclic amines) is 1. The van der Waals surface area contributed by atoms with Gasteiger partial charge in [0.2, 0.25) is 23.5 Å². The Morgan fingerprint density at radius 1 is 0.981 bits per heavy atom. The third kappa shape index (κ3) is 11.2. The summed E-state index contributed by atoms with van der Waals surface area (Å²) in [4.78, 5) is 82.6. The highest BCUT2D eigenvalue weighted by atomic mass is 32.2. The third-order valence-electron chi connectivity index (χ3n) is 8.86. The Labute approximate surface area is 324 Å². The number of aromatic nitrogens is 4. The second kappa shape index (κ2) is 18.0. The Hall–Kier alpha value is -4.19. The van der Waals surface area contributed by atoms with E-state index in [0.29, 0.717) is 24.2 Å². The van der Waals surface area contributed by atoms with Crippen molar-refractivity contribution in [2.24, 2.45) is 12.5 Å². The smallest absolute Gasteiger partial charge is 0.408 e. The van der Waals surface area contributed by atoms with Gasteiger partial charge >= 0.3 is 6.09 Å². The average Bonchev–Trinajstić information content (AvgIpc) is 3.70. The van der Waals surface area contributed by atoms with Crippen LogP contribution in [-0.4, -0.2) is 113 Å². The molecule has 18 heteroatoms. The number of amides is 5. The number of ketones is 1. The van der Waals surface area contributed by atoms with E-state index in [1.54, 1.807) is 75.6 Å². The van der Waals surface area contributed by atoms with Crippen LogP contribution in [0.5, 0.6) is 0 Å². The lowest BCUT2D eigenvalue weighted by atomic mass is 9.85. The normalized spacial score (nSPS) is 18.6. The SMILES string of the molecule is CCCC(NC(=O)[C@@H]1CC2(CN1C(=O)[C@H](NC(=O)OC(C)(C)C)C(C)(C)C)SCCCS2)C(=O)C(=O)NCC(=O)NC(c1ccccc1)c1nnnn1C. The molecule has 16 nitrogen and oxygen atoms in total. The van der Waals surface area contributed by atoms with Crippen LogP contribution in [0.4, 0.5) is 4.79 Å². The van der Waals surface area contributed by atoms with E-state index >= 15 is 0 Å². The molecule has 0 saturated carbocycles. The number of carbonyl (C=O) groups is 6. The lowest BCUT2D eigenvalue weighted by molar-refractivity contribution is -0.144. The van der Waals surface area contributed by atoms with Crippen molar-refractivity contribution >= 4 is 59.0 Å². The van der Waals surface area contributed by atoms with Crippen molar-refractivity contribution in [1.29, 1.82) is 0 Å². The molecule has 4 N–H and O–H groups in total. The van der Waals surface area contributed by atoms with Crippen LogP contribution in [-0.2, 0) is 35.8 Å². The van der Waals surface area contributed by atoms with Crippen molar-refractivity contribution in [2.75, 3.05) is 24.6 Å². The molecule has 0 radical (unpaired) electrons. The summed E-state index contributed by atoms with van der Waals surface area (Å²) in [5.74, 6) is -1.45. The van der Waals surface area contributed by atoms with Crippen molar-refractivity contribution in [2.45, 2.75) is 108 Å². The maximum Gasteiger partial charge on any atom is 0.408 e. The maximum absolute atomic E-state index is 14.4. The third-order valence-corrected chi connectivity index (χ3v) is 12.2. The van der Waals surface area contributed by atoms with Gasteiger partial charge in [0.25, 0.3) is 5.91 Å². The molecule has 0 bridgehead atoms. The van der Waals surface area contributed by atoms with E-state index in [2.05, 4.69) is 36.8 Å². The summed E-state index contributed by atoms with van der Waals surface area (Å²) in [6, 6.07) is 5.12. The number of thioether (sulfide) groups is 2. The lowest BCUT2D eigenvalue weighted by Gasteiger charge is -2.36. The summed E-state index contributed by atoms with van der Waals surface area (Å²) in [6.07, 6.45) is 1.19. The number of nitrogens with zero attached hydrogens (tertiary/aromatic N) is 5. The molecule has 0 aliphatic carbocycles. The topological polar surface area (TPSA) is 207 Å². The van der Waals surface area contributed by atoms with Crippen molar-refractivity contribution in [3.63, 3.8) is 0 Å². The van der Waals surface area contributed by atoms with Crippen LogP contribution in [0.1, 0.15) is 91.6 Å². The van der Waals surface area contributed by atoms with Gasteiger partial charge in [0.1, 0.15) is 23.7 Å². The summed E-state index contributed by atoms with van der Waals surface area (Å²) in [5.41, 5.74) is -0.825. The maximum atomic E-state index is 14.4. The number of carbonyl (C=O) groups excluding carboxylic acids is 6. The number of ether oxygens (including phenoxy) is 1. The predicted octanol–water partition coefficient (Wildman–Crippen LogP) is 2.49. The second-order valence-electron chi connectivity index (χ2n) is 15.6. The first-order chi connectivity index (χ1) is 25.3. The van der Waals surface area contributed by atoms with Gasteiger partial charge in [-0.05, 0) is 66.5 Å². The van der Waals surface area contributed by atoms with Crippen molar-refractivity contribution in [3.05, 3.63) is 41.7 Å². The molecule has 2 aliphatic heterocycles. The zero-order valence-electron chi connectivity index (χ0n) is 32.3. The minimum absolute atomic E-state index is 0.152. The van der Waals surface area contributed by atoms with Crippen LogP contribution in [0.25, 0.3) is 0 Å². The molecule has 5 amide bonds. The van der Waals surface area contributed by atoms with Gasteiger partial charge in [0.15, 0.2) is 5.82 Å². The Bertz CT molecular complexity index is 1670. The van der Waals surface area contributed by atoms with Crippen molar-refractivity contribution in [3.8, 4) is 0 Å². The average molecular weight is 788 g/mol. The van der Waals surface area contributed by atoms with Crippen molar-refractivity contribution in [1.82, 2.24) is 46.4 Å². The predicted molar refractivity (Wildman–Crippen MR) is 205 cm³/mol. The number of rotatable bonds is 13. The van der Waals surface area contributed by atoms with E-state index in [1.165, 1.54) is 9.58 Å². The van der Waals surface area contributed by atoms with Gasteiger partial charge < -0.3 is 30.9 Å². The summed E-state index contributed by atoms with van der Waals surface area (Å²) in [5, 5.41) is 22.2. The first-order valence-corrected chi connectivity index (χ1v) is 20.1. The molecule has 4 rings (SSSR count).